The maximum Gasteiger partial charge on any atom is 0.330 e. The molecule has 1 aromatic carbocycles. The summed E-state index contributed by atoms with van der Waals surface area (Å²) in [4.78, 5) is 12.0. The molecule has 198 valence electrons. The van der Waals surface area contributed by atoms with Crippen LogP contribution in [-0.4, -0.2) is 132 Å². The lowest BCUT2D eigenvalue weighted by Gasteiger charge is -2.40. The molecule has 35 heavy (non-hydrogen) atoms. The van der Waals surface area contributed by atoms with Gasteiger partial charge in [0.2, 0.25) is 0 Å². The summed E-state index contributed by atoms with van der Waals surface area (Å²) in [7, 11) is 0. The number of hydrogen-bond acceptors (Lipinski definition) is 14. The van der Waals surface area contributed by atoms with Gasteiger partial charge in [0, 0.05) is 6.08 Å². The number of phenols is 2. The third-order valence-corrected chi connectivity index (χ3v) is 5.23. The second kappa shape index (κ2) is 13.1. The zero-order valence-electron chi connectivity index (χ0n) is 18.3. The lowest BCUT2D eigenvalue weighted by atomic mass is 9.99. The van der Waals surface area contributed by atoms with Crippen molar-refractivity contribution in [1.82, 2.24) is 0 Å². The fraction of sp³-hybridized carbons (Fsp3) is 0.571. The predicted molar refractivity (Wildman–Crippen MR) is 114 cm³/mol. The average Bonchev–Trinajstić information content (AvgIpc) is 2.85. The zero-order chi connectivity index (χ0) is 26.3. The second-order valence-electron chi connectivity index (χ2n) is 7.86. The van der Waals surface area contributed by atoms with E-state index in [1.165, 1.54) is 24.3 Å². The molecule has 14 nitrogen and oxygen atoms in total. The van der Waals surface area contributed by atoms with Gasteiger partial charge in [-0.1, -0.05) is 6.07 Å². The van der Waals surface area contributed by atoms with Crippen molar-refractivity contribution in [1.29, 1.82) is 0 Å². The van der Waals surface area contributed by atoms with Crippen LogP contribution < -0.4 is 0 Å². The Bertz CT molecular complexity index is 847. The van der Waals surface area contributed by atoms with E-state index in [1.807, 2.05) is 0 Å². The molecule has 0 radical (unpaired) electrons. The van der Waals surface area contributed by atoms with Crippen LogP contribution >= 0.6 is 0 Å². The molecule has 1 aliphatic rings. The summed E-state index contributed by atoms with van der Waals surface area (Å²) in [6.45, 7) is -2.22. The summed E-state index contributed by atoms with van der Waals surface area (Å²) in [5, 5.41) is 96.4. The number of aliphatic hydroxyl groups is 8. The van der Waals surface area contributed by atoms with E-state index in [4.69, 9.17) is 19.3 Å². The maximum absolute atomic E-state index is 12.0. The first kappa shape index (κ1) is 28.9. The average molecular weight is 506 g/mol. The minimum atomic E-state index is -1.94. The number of carbonyl (C=O) groups is 1. The van der Waals surface area contributed by atoms with E-state index in [0.717, 1.165) is 6.08 Å². The highest BCUT2D eigenvalue weighted by Crippen LogP contribution is 2.26. The third kappa shape index (κ3) is 7.81. The van der Waals surface area contributed by atoms with Crippen LogP contribution in [0, 0.1) is 0 Å². The standard InChI is InChI=1S/C21H30O14/c22-6-12(25)16(28)17(29)13(26)7-34-21-20(32)19(31)18(30)14(35-21)8-33-15(27)4-2-9-1-3-10(23)11(24)5-9/h1-5,12-14,16-26,28-32H,6-8H2/b4-2+/t12-,13+,14+,16+,17+,18+,19-,20+,21+/m0/s1. The van der Waals surface area contributed by atoms with Gasteiger partial charge in [-0.05, 0) is 23.8 Å². The van der Waals surface area contributed by atoms with Crippen LogP contribution in [0.1, 0.15) is 5.56 Å². The number of aromatic hydroxyl groups is 2. The number of hydrogen-bond donors (Lipinski definition) is 10. The van der Waals surface area contributed by atoms with E-state index in [-0.39, 0.29) is 5.75 Å². The van der Waals surface area contributed by atoms with E-state index in [1.54, 1.807) is 0 Å². The highest BCUT2D eigenvalue weighted by atomic mass is 16.7. The number of aliphatic hydroxyl groups excluding tert-OH is 8. The van der Waals surface area contributed by atoms with Gasteiger partial charge < -0.3 is 65.3 Å². The molecule has 0 saturated carbocycles. The summed E-state index contributed by atoms with van der Waals surface area (Å²) in [6.07, 6.45) is -13.4. The van der Waals surface area contributed by atoms with Crippen molar-refractivity contribution < 1.29 is 70.1 Å². The number of phenolic OH excluding ortho intramolecular Hbond substituents is 2. The highest BCUT2D eigenvalue weighted by Gasteiger charge is 2.45. The van der Waals surface area contributed by atoms with Crippen molar-refractivity contribution in [2.45, 2.75) is 55.1 Å². The Hall–Kier alpha value is -2.37. The van der Waals surface area contributed by atoms with Gasteiger partial charge in [-0.25, -0.2) is 4.79 Å². The van der Waals surface area contributed by atoms with Crippen LogP contribution in [0.3, 0.4) is 0 Å². The van der Waals surface area contributed by atoms with Crippen LogP contribution in [-0.2, 0) is 19.0 Å². The van der Waals surface area contributed by atoms with E-state index < -0.39 is 86.7 Å². The van der Waals surface area contributed by atoms with Crippen molar-refractivity contribution in [3.63, 3.8) is 0 Å². The largest absolute Gasteiger partial charge is 0.504 e. The van der Waals surface area contributed by atoms with Crippen LogP contribution in [0.15, 0.2) is 24.3 Å². The molecule has 0 aromatic heterocycles. The topological polar surface area (TPSA) is 247 Å². The Morgan fingerprint density at radius 3 is 2.26 bits per heavy atom. The molecule has 1 saturated heterocycles. The molecule has 9 atom stereocenters. The minimum absolute atomic E-state index is 0.341. The summed E-state index contributed by atoms with van der Waals surface area (Å²) in [5.41, 5.74) is 0.371. The molecule has 1 fully saturated rings. The highest BCUT2D eigenvalue weighted by molar-refractivity contribution is 5.87. The Morgan fingerprint density at radius 1 is 0.971 bits per heavy atom. The van der Waals surface area contributed by atoms with Gasteiger partial charge in [0.25, 0.3) is 0 Å². The summed E-state index contributed by atoms with van der Waals surface area (Å²) < 4.78 is 15.4. The molecule has 1 aliphatic heterocycles. The van der Waals surface area contributed by atoms with Gasteiger partial charge in [0.15, 0.2) is 17.8 Å². The van der Waals surface area contributed by atoms with Crippen LogP contribution in [0.25, 0.3) is 6.08 Å². The monoisotopic (exact) mass is 506 g/mol. The third-order valence-electron chi connectivity index (χ3n) is 5.23. The first-order chi connectivity index (χ1) is 16.5. The number of carbonyl (C=O) groups excluding carboxylic acids is 1. The van der Waals surface area contributed by atoms with Crippen molar-refractivity contribution in [2.75, 3.05) is 19.8 Å². The lowest BCUT2D eigenvalue weighted by Crippen LogP contribution is -2.60. The fourth-order valence-corrected chi connectivity index (χ4v) is 3.07. The molecule has 0 amide bonds. The smallest absolute Gasteiger partial charge is 0.330 e. The molecule has 0 aliphatic carbocycles. The van der Waals surface area contributed by atoms with Gasteiger partial charge in [-0.15, -0.1) is 0 Å². The SMILES string of the molecule is O=C(/C=C/c1ccc(O)c(O)c1)OC[C@H]1O[C@@H](OC[C@@H](O)[C@@H](O)[C@H](O)[C@@H](O)CO)[C@H](O)[C@@H](O)[C@@H]1O. The fourth-order valence-electron chi connectivity index (χ4n) is 3.07. The molecule has 14 heteroatoms. The first-order valence-corrected chi connectivity index (χ1v) is 10.5. The zero-order valence-corrected chi connectivity index (χ0v) is 18.3. The molecule has 2 rings (SSSR count). The van der Waals surface area contributed by atoms with Crippen molar-refractivity contribution in [3.05, 3.63) is 29.8 Å². The summed E-state index contributed by atoms with van der Waals surface area (Å²) in [6, 6.07) is 3.83. The van der Waals surface area contributed by atoms with Gasteiger partial charge in [-0.3, -0.25) is 0 Å². The van der Waals surface area contributed by atoms with E-state index in [2.05, 4.69) is 0 Å². The Balaban J connectivity index is 1.91. The Morgan fingerprint density at radius 2 is 1.63 bits per heavy atom. The van der Waals surface area contributed by atoms with Crippen molar-refractivity contribution >= 4 is 12.0 Å². The molecular weight excluding hydrogens is 476 g/mol. The molecule has 0 unspecified atom stereocenters. The predicted octanol–water partition coefficient (Wildman–Crippen LogP) is -4.09. The van der Waals surface area contributed by atoms with Crippen molar-refractivity contribution in [3.8, 4) is 11.5 Å². The number of benzene rings is 1. The van der Waals surface area contributed by atoms with Gasteiger partial charge >= 0.3 is 5.97 Å². The summed E-state index contributed by atoms with van der Waals surface area (Å²) in [5.74, 6) is -1.62. The van der Waals surface area contributed by atoms with E-state index in [9.17, 15) is 50.8 Å². The molecular formula is C21H30O14. The normalized spacial score (nSPS) is 28.4. The van der Waals surface area contributed by atoms with E-state index >= 15 is 0 Å². The van der Waals surface area contributed by atoms with Gasteiger partial charge in [-0.2, -0.15) is 0 Å². The number of rotatable bonds is 11. The van der Waals surface area contributed by atoms with Gasteiger partial charge in [0.1, 0.15) is 55.4 Å². The second-order valence-corrected chi connectivity index (χ2v) is 7.86. The lowest BCUT2D eigenvalue weighted by molar-refractivity contribution is -0.307. The molecule has 1 aromatic rings. The number of ether oxygens (including phenoxy) is 3. The maximum atomic E-state index is 12.0. The molecule has 0 bridgehead atoms. The molecule has 0 spiro atoms. The first-order valence-electron chi connectivity index (χ1n) is 10.5. The quantitative estimate of drug-likeness (QED) is 0.0779. The van der Waals surface area contributed by atoms with Gasteiger partial charge in [0.05, 0.1) is 13.2 Å². The molecule has 1 heterocycles. The van der Waals surface area contributed by atoms with Crippen molar-refractivity contribution in [2.24, 2.45) is 0 Å². The molecule has 10 N–H and O–H groups in total. The van der Waals surface area contributed by atoms with Crippen LogP contribution in [0.2, 0.25) is 0 Å². The Labute approximate surface area is 199 Å². The van der Waals surface area contributed by atoms with E-state index in [0.29, 0.717) is 5.56 Å². The summed E-state index contributed by atoms with van der Waals surface area (Å²) >= 11 is 0. The minimum Gasteiger partial charge on any atom is -0.504 e. The van der Waals surface area contributed by atoms with Crippen LogP contribution in [0.4, 0.5) is 0 Å². The number of esters is 1. The Kier molecular flexibility index (Phi) is 10.8. The van der Waals surface area contributed by atoms with Crippen LogP contribution in [0.5, 0.6) is 11.5 Å².